The van der Waals surface area contributed by atoms with Gasteiger partial charge in [-0.15, -0.1) is 0 Å². The summed E-state index contributed by atoms with van der Waals surface area (Å²) in [6.45, 7) is 17.9. The lowest BCUT2D eigenvalue weighted by Gasteiger charge is -2.43. The minimum absolute atomic E-state index is 0.144. The highest BCUT2D eigenvalue weighted by Crippen LogP contribution is 2.36. The molecule has 204 valence electrons. The van der Waals surface area contributed by atoms with E-state index in [4.69, 9.17) is 13.9 Å². The van der Waals surface area contributed by atoms with Gasteiger partial charge in [0.25, 0.3) is 8.32 Å². The van der Waals surface area contributed by atoms with Gasteiger partial charge in [0.2, 0.25) is 0 Å². The third-order valence-electron chi connectivity index (χ3n) is 5.75. The number of benzene rings is 2. The minimum atomic E-state index is -2.68. The molecular formula is C30H45NO5Si. The van der Waals surface area contributed by atoms with Gasteiger partial charge in [0, 0.05) is 6.61 Å². The van der Waals surface area contributed by atoms with Crippen LogP contribution in [0.4, 0.5) is 4.79 Å². The van der Waals surface area contributed by atoms with Crippen LogP contribution in [0.1, 0.15) is 75.2 Å². The molecule has 0 aliphatic heterocycles. The number of nitrogens with one attached hydrogen (secondary N) is 1. The van der Waals surface area contributed by atoms with Crippen LogP contribution < -0.4 is 15.7 Å². The summed E-state index contributed by atoms with van der Waals surface area (Å²) in [7, 11) is -2.68. The lowest BCUT2D eigenvalue weighted by atomic mass is 10.1. The number of amides is 1. The molecule has 0 saturated carbocycles. The number of carbonyl (C=O) groups excluding carboxylic acids is 2. The Balaban J connectivity index is 2.26. The summed E-state index contributed by atoms with van der Waals surface area (Å²) in [5.74, 6) is -0.483. The van der Waals surface area contributed by atoms with Gasteiger partial charge in [-0.3, -0.25) is 0 Å². The molecule has 0 heterocycles. The molecule has 0 spiro atoms. The van der Waals surface area contributed by atoms with Gasteiger partial charge in [-0.05, 0) is 69.8 Å². The lowest BCUT2D eigenvalue weighted by Crippen LogP contribution is -2.66. The van der Waals surface area contributed by atoms with Crippen molar-refractivity contribution in [1.82, 2.24) is 5.32 Å². The van der Waals surface area contributed by atoms with E-state index < -0.39 is 37.6 Å². The molecule has 0 fully saturated rings. The molecule has 0 saturated heterocycles. The quantitative estimate of drug-likeness (QED) is 0.262. The number of alkyl carbamates (subject to hydrolysis) is 1. The molecule has 37 heavy (non-hydrogen) atoms. The van der Waals surface area contributed by atoms with E-state index in [1.807, 2.05) is 32.9 Å². The van der Waals surface area contributed by atoms with Crippen molar-refractivity contribution < 1.29 is 23.5 Å². The fourth-order valence-electron chi connectivity index (χ4n) is 4.35. The summed E-state index contributed by atoms with van der Waals surface area (Å²) in [4.78, 5) is 25.4. The first-order valence-electron chi connectivity index (χ1n) is 13.0. The molecule has 6 nitrogen and oxygen atoms in total. The second kappa shape index (κ2) is 12.3. The van der Waals surface area contributed by atoms with Gasteiger partial charge in [0.1, 0.15) is 17.2 Å². The fourth-order valence-corrected chi connectivity index (χ4v) is 8.95. The number of hydrogen-bond acceptors (Lipinski definition) is 5. The highest BCUT2D eigenvalue weighted by atomic mass is 28.4. The summed E-state index contributed by atoms with van der Waals surface area (Å²) in [5, 5.41) is 4.96. The molecule has 0 aromatic heterocycles. The summed E-state index contributed by atoms with van der Waals surface area (Å²) < 4.78 is 17.9. The normalized spacial score (nSPS) is 13.5. The van der Waals surface area contributed by atoms with Crippen molar-refractivity contribution in [2.75, 3.05) is 6.61 Å². The summed E-state index contributed by atoms with van der Waals surface area (Å²) in [5.41, 5.74) is -1.34. The Labute approximate surface area is 224 Å². The molecule has 7 heteroatoms. The van der Waals surface area contributed by atoms with Crippen molar-refractivity contribution in [3.63, 3.8) is 0 Å². The number of ether oxygens (including phenoxy) is 2. The van der Waals surface area contributed by atoms with E-state index in [2.05, 4.69) is 74.6 Å². The van der Waals surface area contributed by atoms with Gasteiger partial charge in [-0.1, -0.05) is 81.4 Å². The molecule has 0 aliphatic rings. The van der Waals surface area contributed by atoms with Crippen LogP contribution in [0.5, 0.6) is 0 Å². The first kappa shape index (κ1) is 30.6. The van der Waals surface area contributed by atoms with Crippen LogP contribution in [-0.2, 0) is 18.7 Å². The van der Waals surface area contributed by atoms with Crippen LogP contribution in [0.2, 0.25) is 5.04 Å². The average molecular weight is 528 g/mol. The number of rotatable bonds is 9. The van der Waals surface area contributed by atoms with Gasteiger partial charge >= 0.3 is 12.1 Å². The molecule has 1 amide bonds. The van der Waals surface area contributed by atoms with Gasteiger partial charge in [0.05, 0.1) is 0 Å². The standard InChI is InChI=1S/C30H45NO5Si/c1-28(2,3)35-26(32)25(31-27(33)36-29(4,5)6)21-16-22-34-37(30(7,8)9,23-17-12-10-13-18-23)24-19-14-11-15-20-24/h10-15,17-20,25H,16,21-22H2,1-9H3,(H,31,33)/t25-/m1/s1. The van der Waals surface area contributed by atoms with Crippen LogP contribution in [-0.4, -0.2) is 44.2 Å². The van der Waals surface area contributed by atoms with Crippen molar-refractivity contribution in [3.05, 3.63) is 60.7 Å². The molecule has 2 aromatic carbocycles. The summed E-state index contributed by atoms with van der Waals surface area (Å²) >= 11 is 0. The largest absolute Gasteiger partial charge is 0.458 e. The van der Waals surface area contributed by atoms with Crippen molar-refractivity contribution in [2.45, 2.75) is 97.4 Å². The maximum Gasteiger partial charge on any atom is 0.408 e. The second-order valence-electron chi connectivity index (χ2n) is 12.4. The highest BCUT2D eigenvalue weighted by Gasteiger charge is 2.50. The topological polar surface area (TPSA) is 73.9 Å². The van der Waals surface area contributed by atoms with Crippen molar-refractivity contribution in [2.24, 2.45) is 0 Å². The Morgan fingerprint density at radius 3 is 1.62 bits per heavy atom. The Morgan fingerprint density at radius 1 is 0.757 bits per heavy atom. The monoisotopic (exact) mass is 527 g/mol. The maximum atomic E-state index is 12.9. The van der Waals surface area contributed by atoms with E-state index in [0.29, 0.717) is 19.4 Å². The average Bonchev–Trinajstić information content (AvgIpc) is 2.76. The Kier molecular flexibility index (Phi) is 10.1. The van der Waals surface area contributed by atoms with Crippen molar-refractivity contribution >= 4 is 30.8 Å². The molecule has 0 aliphatic carbocycles. The molecule has 1 atom stereocenters. The zero-order valence-corrected chi connectivity index (χ0v) is 25.0. The first-order valence-corrected chi connectivity index (χ1v) is 14.9. The third-order valence-corrected chi connectivity index (χ3v) is 10.8. The summed E-state index contributed by atoms with van der Waals surface area (Å²) in [6.07, 6.45) is 0.285. The van der Waals surface area contributed by atoms with Gasteiger partial charge in [-0.25, -0.2) is 9.59 Å². The molecule has 1 N–H and O–H groups in total. The Morgan fingerprint density at radius 2 is 1.22 bits per heavy atom. The predicted octanol–water partition coefficient (Wildman–Crippen LogP) is 5.58. The molecule has 0 unspecified atom stereocenters. The Bertz CT molecular complexity index is 965. The van der Waals surface area contributed by atoms with Crippen LogP contribution in [0, 0.1) is 0 Å². The SMILES string of the molecule is CC(C)(C)OC(=O)N[C@H](CCCO[Si](c1ccccc1)(c1ccccc1)C(C)(C)C)C(=O)OC(C)(C)C. The lowest BCUT2D eigenvalue weighted by molar-refractivity contribution is -0.157. The van der Waals surface area contributed by atoms with Crippen LogP contribution in [0.15, 0.2) is 60.7 Å². The van der Waals surface area contributed by atoms with Gasteiger partial charge < -0.3 is 19.2 Å². The van der Waals surface area contributed by atoms with Crippen LogP contribution in [0.25, 0.3) is 0 Å². The number of hydrogen-bond donors (Lipinski definition) is 1. The molecule has 0 radical (unpaired) electrons. The zero-order valence-electron chi connectivity index (χ0n) is 24.0. The van der Waals surface area contributed by atoms with Crippen LogP contribution in [0.3, 0.4) is 0 Å². The summed E-state index contributed by atoms with van der Waals surface area (Å²) in [6, 6.07) is 20.0. The minimum Gasteiger partial charge on any atom is -0.458 e. The van der Waals surface area contributed by atoms with E-state index in [1.54, 1.807) is 20.8 Å². The van der Waals surface area contributed by atoms with E-state index in [0.717, 1.165) is 0 Å². The van der Waals surface area contributed by atoms with E-state index in [-0.39, 0.29) is 5.04 Å². The highest BCUT2D eigenvalue weighted by molar-refractivity contribution is 6.99. The fraction of sp³-hybridized carbons (Fsp3) is 0.533. The smallest absolute Gasteiger partial charge is 0.408 e. The van der Waals surface area contributed by atoms with E-state index >= 15 is 0 Å². The zero-order chi connectivity index (χ0) is 27.9. The number of carbonyl (C=O) groups is 2. The van der Waals surface area contributed by atoms with Crippen LogP contribution >= 0.6 is 0 Å². The number of esters is 1. The molecule has 0 bridgehead atoms. The second-order valence-corrected chi connectivity index (χ2v) is 16.7. The van der Waals surface area contributed by atoms with Gasteiger partial charge in [0.15, 0.2) is 0 Å². The van der Waals surface area contributed by atoms with E-state index in [1.165, 1.54) is 10.4 Å². The Hall–Kier alpha value is -2.64. The molecule has 2 rings (SSSR count). The van der Waals surface area contributed by atoms with Crippen molar-refractivity contribution in [1.29, 1.82) is 0 Å². The molecular weight excluding hydrogens is 482 g/mol. The maximum absolute atomic E-state index is 12.9. The third kappa shape index (κ3) is 9.00. The van der Waals surface area contributed by atoms with Crippen molar-refractivity contribution in [3.8, 4) is 0 Å². The van der Waals surface area contributed by atoms with E-state index in [9.17, 15) is 9.59 Å². The first-order chi connectivity index (χ1) is 17.1. The predicted molar refractivity (Wildman–Crippen MR) is 152 cm³/mol. The molecule has 2 aromatic rings. The van der Waals surface area contributed by atoms with Gasteiger partial charge in [-0.2, -0.15) is 0 Å².